The van der Waals surface area contributed by atoms with E-state index in [4.69, 9.17) is 0 Å². The van der Waals surface area contributed by atoms with Crippen LogP contribution in [0.2, 0.25) is 0 Å². The topological polar surface area (TPSA) is 53.4 Å². The average Bonchev–Trinajstić information content (AvgIpc) is 2.84. The molecular formula is C13H14N2O2S. The second-order valence-corrected chi connectivity index (χ2v) is 4.83. The van der Waals surface area contributed by atoms with Gasteiger partial charge in [0.1, 0.15) is 5.75 Å². The summed E-state index contributed by atoms with van der Waals surface area (Å²) in [7, 11) is 1.70. The molecule has 1 aromatic carbocycles. The number of aromatic nitrogens is 1. The van der Waals surface area contributed by atoms with Crippen LogP contribution in [0.25, 0.3) is 0 Å². The lowest BCUT2D eigenvalue weighted by Crippen LogP contribution is -2.26. The zero-order chi connectivity index (χ0) is 13.1. The SMILES string of the molecule is Cc1cccc(C(=O)N(C)Cc2cscn2)c1O. The van der Waals surface area contributed by atoms with Crippen molar-refractivity contribution in [1.82, 2.24) is 9.88 Å². The van der Waals surface area contributed by atoms with E-state index in [1.807, 2.05) is 5.38 Å². The molecule has 2 aromatic rings. The van der Waals surface area contributed by atoms with Crippen LogP contribution in [0.15, 0.2) is 29.1 Å². The van der Waals surface area contributed by atoms with Gasteiger partial charge in [0.05, 0.1) is 23.3 Å². The lowest BCUT2D eigenvalue weighted by atomic mass is 10.1. The van der Waals surface area contributed by atoms with Gasteiger partial charge in [0.2, 0.25) is 0 Å². The van der Waals surface area contributed by atoms with E-state index in [2.05, 4.69) is 4.98 Å². The van der Waals surface area contributed by atoms with E-state index in [1.54, 1.807) is 42.6 Å². The number of benzene rings is 1. The summed E-state index contributed by atoms with van der Waals surface area (Å²) in [6, 6.07) is 5.16. The lowest BCUT2D eigenvalue weighted by Gasteiger charge is -2.17. The molecule has 0 unspecified atom stereocenters. The number of aryl methyl sites for hydroxylation is 1. The first-order valence-corrected chi connectivity index (χ1v) is 6.45. The van der Waals surface area contributed by atoms with Crippen LogP contribution in [0.1, 0.15) is 21.6 Å². The highest BCUT2D eigenvalue weighted by atomic mass is 32.1. The van der Waals surface area contributed by atoms with Crippen molar-refractivity contribution in [3.8, 4) is 5.75 Å². The predicted molar refractivity (Wildman–Crippen MR) is 70.8 cm³/mol. The Bertz CT molecular complexity index is 552. The number of phenolic OH excluding ortho intramolecular Hbond substituents is 1. The number of hydrogen-bond acceptors (Lipinski definition) is 4. The Hall–Kier alpha value is -1.88. The van der Waals surface area contributed by atoms with Gasteiger partial charge in [-0.2, -0.15) is 0 Å². The summed E-state index contributed by atoms with van der Waals surface area (Å²) in [6.45, 7) is 2.21. The Morgan fingerprint density at radius 1 is 1.50 bits per heavy atom. The molecule has 1 N–H and O–H groups in total. The van der Waals surface area contributed by atoms with Gasteiger partial charge < -0.3 is 10.0 Å². The Balaban J connectivity index is 2.18. The van der Waals surface area contributed by atoms with Crippen LogP contribution >= 0.6 is 11.3 Å². The van der Waals surface area contributed by atoms with Gasteiger partial charge in [-0.15, -0.1) is 11.3 Å². The molecule has 1 aromatic heterocycles. The number of rotatable bonds is 3. The fourth-order valence-electron chi connectivity index (χ4n) is 1.67. The summed E-state index contributed by atoms with van der Waals surface area (Å²) < 4.78 is 0. The van der Waals surface area contributed by atoms with E-state index in [1.165, 1.54) is 11.3 Å². The normalized spacial score (nSPS) is 10.3. The molecule has 0 aliphatic carbocycles. The van der Waals surface area contributed by atoms with Crippen molar-refractivity contribution in [1.29, 1.82) is 0 Å². The Kier molecular flexibility index (Phi) is 3.62. The van der Waals surface area contributed by atoms with Gasteiger partial charge in [-0.3, -0.25) is 4.79 Å². The maximum Gasteiger partial charge on any atom is 0.257 e. The Morgan fingerprint density at radius 3 is 2.94 bits per heavy atom. The zero-order valence-corrected chi connectivity index (χ0v) is 11.1. The summed E-state index contributed by atoms with van der Waals surface area (Å²) in [6.07, 6.45) is 0. The van der Waals surface area contributed by atoms with E-state index in [-0.39, 0.29) is 11.7 Å². The summed E-state index contributed by atoms with van der Waals surface area (Å²) in [5, 5.41) is 11.8. The highest BCUT2D eigenvalue weighted by molar-refractivity contribution is 7.07. The van der Waals surface area contributed by atoms with E-state index < -0.39 is 0 Å². The highest BCUT2D eigenvalue weighted by Gasteiger charge is 2.17. The number of carbonyl (C=O) groups excluding carboxylic acids is 1. The standard InChI is InChI=1S/C13H14N2O2S/c1-9-4-3-5-11(12(9)16)13(17)15(2)6-10-7-18-8-14-10/h3-5,7-8,16H,6H2,1-2H3. The first kappa shape index (κ1) is 12.6. The number of amides is 1. The summed E-state index contributed by atoms with van der Waals surface area (Å²) >= 11 is 1.50. The molecule has 0 fully saturated rings. The minimum atomic E-state index is -0.204. The summed E-state index contributed by atoms with van der Waals surface area (Å²) in [5.41, 5.74) is 3.61. The second-order valence-electron chi connectivity index (χ2n) is 4.11. The zero-order valence-electron chi connectivity index (χ0n) is 10.3. The quantitative estimate of drug-likeness (QED) is 0.924. The smallest absolute Gasteiger partial charge is 0.257 e. The van der Waals surface area contributed by atoms with Crippen molar-refractivity contribution in [3.05, 3.63) is 45.9 Å². The Labute approximate surface area is 110 Å². The van der Waals surface area contributed by atoms with Gasteiger partial charge in [0.15, 0.2) is 0 Å². The number of hydrogen-bond donors (Lipinski definition) is 1. The molecule has 1 amide bonds. The van der Waals surface area contributed by atoms with Crippen LogP contribution in [0.5, 0.6) is 5.75 Å². The lowest BCUT2D eigenvalue weighted by molar-refractivity contribution is 0.0780. The minimum absolute atomic E-state index is 0.0487. The maximum absolute atomic E-state index is 12.2. The molecule has 0 radical (unpaired) electrons. The minimum Gasteiger partial charge on any atom is -0.507 e. The van der Waals surface area contributed by atoms with Crippen LogP contribution in [0.4, 0.5) is 0 Å². The molecule has 0 bridgehead atoms. The monoisotopic (exact) mass is 262 g/mol. The molecule has 2 rings (SSSR count). The van der Waals surface area contributed by atoms with Gasteiger partial charge in [0, 0.05) is 12.4 Å². The number of phenols is 1. The second kappa shape index (κ2) is 5.18. The van der Waals surface area contributed by atoms with Gasteiger partial charge >= 0.3 is 0 Å². The molecule has 5 heteroatoms. The maximum atomic E-state index is 12.2. The molecule has 0 saturated heterocycles. The van der Waals surface area contributed by atoms with E-state index in [9.17, 15) is 9.90 Å². The largest absolute Gasteiger partial charge is 0.507 e. The number of nitrogens with zero attached hydrogens (tertiary/aromatic N) is 2. The molecule has 4 nitrogen and oxygen atoms in total. The van der Waals surface area contributed by atoms with Crippen LogP contribution in [-0.2, 0) is 6.54 Å². The van der Waals surface area contributed by atoms with Crippen molar-refractivity contribution in [2.24, 2.45) is 0 Å². The fourth-order valence-corrected chi connectivity index (χ4v) is 2.22. The van der Waals surface area contributed by atoms with Gasteiger partial charge in [-0.1, -0.05) is 12.1 Å². The van der Waals surface area contributed by atoms with Gasteiger partial charge in [-0.25, -0.2) is 4.98 Å². The number of aromatic hydroxyl groups is 1. The molecule has 94 valence electrons. The van der Waals surface area contributed by atoms with Crippen molar-refractivity contribution >= 4 is 17.2 Å². The van der Waals surface area contributed by atoms with E-state index in [0.717, 1.165) is 5.69 Å². The molecule has 1 heterocycles. The third kappa shape index (κ3) is 2.51. The molecule has 0 saturated carbocycles. The van der Waals surface area contributed by atoms with Crippen molar-refractivity contribution in [2.75, 3.05) is 7.05 Å². The van der Waals surface area contributed by atoms with Crippen LogP contribution in [0, 0.1) is 6.92 Å². The third-order valence-corrected chi connectivity index (χ3v) is 3.33. The summed E-state index contributed by atoms with van der Waals surface area (Å²) in [5.74, 6) is -0.156. The summed E-state index contributed by atoms with van der Waals surface area (Å²) in [4.78, 5) is 17.9. The number of carbonyl (C=O) groups is 1. The fraction of sp³-hybridized carbons (Fsp3) is 0.231. The molecule has 0 aliphatic rings. The highest BCUT2D eigenvalue weighted by Crippen LogP contribution is 2.23. The molecule has 18 heavy (non-hydrogen) atoms. The van der Waals surface area contributed by atoms with Crippen LogP contribution < -0.4 is 0 Å². The van der Waals surface area contributed by atoms with Crippen molar-refractivity contribution in [2.45, 2.75) is 13.5 Å². The molecule has 0 spiro atoms. The van der Waals surface area contributed by atoms with E-state index in [0.29, 0.717) is 17.7 Å². The average molecular weight is 262 g/mol. The first-order chi connectivity index (χ1) is 8.59. The molecule has 0 atom stereocenters. The van der Waals surface area contributed by atoms with Crippen molar-refractivity contribution in [3.63, 3.8) is 0 Å². The van der Waals surface area contributed by atoms with Gasteiger partial charge in [-0.05, 0) is 18.6 Å². The Morgan fingerprint density at radius 2 is 2.28 bits per heavy atom. The van der Waals surface area contributed by atoms with Crippen molar-refractivity contribution < 1.29 is 9.90 Å². The van der Waals surface area contributed by atoms with Gasteiger partial charge in [0.25, 0.3) is 5.91 Å². The first-order valence-electron chi connectivity index (χ1n) is 5.50. The van der Waals surface area contributed by atoms with Crippen LogP contribution in [0.3, 0.4) is 0 Å². The predicted octanol–water partition coefficient (Wildman–Crippen LogP) is 2.43. The molecule has 0 aliphatic heterocycles. The third-order valence-electron chi connectivity index (χ3n) is 2.70. The molecular weight excluding hydrogens is 248 g/mol. The number of para-hydroxylation sites is 1. The van der Waals surface area contributed by atoms with Crippen LogP contribution in [-0.4, -0.2) is 27.9 Å². The number of thiazole rings is 1. The van der Waals surface area contributed by atoms with E-state index >= 15 is 0 Å².